The number of amides is 2. The number of carbonyl (C=O) groups is 2. The summed E-state index contributed by atoms with van der Waals surface area (Å²) in [5, 5.41) is 16.1. The fourth-order valence-corrected chi connectivity index (χ4v) is 3.11. The second kappa shape index (κ2) is 8.05. The van der Waals surface area contributed by atoms with Gasteiger partial charge < -0.3 is 14.9 Å². The smallest absolute Gasteiger partial charge is 0.256 e. The van der Waals surface area contributed by atoms with Gasteiger partial charge in [-0.05, 0) is 25.5 Å². The van der Waals surface area contributed by atoms with Crippen molar-refractivity contribution in [2.24, 2.45) is 0 Å². The Kier molecular flexibility index (Phi) is 5.57. The molecule has 0 aromatic carbocycles. The van der Waals surface area contributed by atoms with Crippen LogP contribution >= 0.6 is 0 Å². The molecule has 1 aliphatic heterocycles. The van der Waals surface area contributed by atoms with Gasteiger partial charge >= 0.3 is 0 Å². The minimum Gasteiger partial charge on any atom is -0.396 e. The predicted molar refractivity (Wildman–Crippen MR) is 92.0 cm³/mol. The molecule has 1 unspecified atom stereocenters. The lowest BCUT2D eigenvalue weighted by atomic mass is 10.1. The lowest BCUT2D eigenvalue weighted by Crippen LogP contribution is -2.38. The van der Waals surface area contributed by atoms with Crippen molar-refractivity contribution in [3.63, 3.8) is 0 Å². The molecule has 1 aliphatic rings. The molecule has 3 rings (SSSR count). The predicted octanol–water partition coefficient (Wildman–Crippen LogP) is 0.306. The maximum atomic E-state index is 13.0. The van der Waals surface area contributed by atoms with Gasteiger partial charge in [0.2, 0.25) is 5.91 Å². The quantitative estimate of drug-likeness (QED) is 0.813. The van der Waals surface area contributed by atoms with Gasteiger partial charge in [-0.2, -0.15) is 5.10 Å². The van der Waals surface area contributed by atoms with Gasteiger partial charge in [-0.15, -0.1) is 0 Å². The summed E-state index contributed by atoms with van der Waals surface area (Å²) in [6.07, 6.45) is 3.76. The van der Waals surface area contributed by atoms with Crippen molar-refractivity contribution in [3.8, 4) is 0 Å². The number of aliphatic hydroxyl groups is 1. The number of pyridine rings is 1. The van der Waals surface area contributed by atoms with Gasteiger partial charge in [0.1, 0.15) is 5.82 Å². The average Bonchev–Trinajstić information content (AvgIpc) is 2.96. The molecule has 2 aromatic heterocycles. The number of aryl methyl sites for hydroxylation is 1. The molecule has 2 aromatic rings. The number of H-pyrrole nitrogens is 1. The first-order valence-electron chi connectivity index (χ1n) is 8.58. The number of carbonyl (C=O) groups excluding carboxylic acids is 2. The second-order valence-electron chi connectivity index (χ2n) is 6.18. The number of aromatic amines is 1. The van der Waals surface area contributed by atoms with Crippen LogP contribution in [0.15, 0.2) is 24.5 Å². The maximum absolute atomic E-state index is 13.0. The molecule has 1 fully saturated rings. The van der Waals surface area contributed by atoms with Gasteiger partial charge in [-0.25, -0.2) is 4.98 Å². The third kappa shape index (κ3) is 3.88. The van der Waals surface area contributed by atoms with E-state index in [9.17, 15) is 9.59 Å². The Hall–Kier alpha value is -2.81. The molecule has 0 radical (unpaired) electrons. The van der Waals surface area contributed by atoms with Crippen LogP contribution in [-0.4, -0.2) is 73.1 Å². The molecule has 0 saturated carbocycles. The highest BCUT2D eigenvalue weighted by Gasteiger charge is 2.33. The number of nitrogens with one attached hydrogen (secondary N) is 1. The van der Waals surface area contributed by atoms with Crippen molar-refractivity contribution in [2.45, 2.75) is 25.8 Å². The van der Waals surface area contributed by atoms with E-state index in [2.05, 4.69) is 20.2 Å². The van der Waals surface area contributed by atoms with Crippen molar-refractivity contribution in [1.29, 1.82) is 0 Å². The van der Waals surface area contributed by atoms with E-state index >= 15 is 0 Å². The highest BCUT2D eigenvalue weighted by molar-refractivity contribution is 5.94. The van der Waals surface area contributed by atoms with Gasteiger partial charge in [-0.3, -0.25) is 19.7 Å². The van der Waals surface area contributed by atoms with Gasteiger partial charge in [-0.1, -0.05) is 0 Å². The lowest BCUT2D eigenvalue weighted by molar-refractivity contribution is -0.131. The fraction of sp³-hybridized carbons (Fsp3) is 0.471. The van der Waals surface area contributed by atoms with Gasteiger partial charge in [0.05, 0.1) is 18.2 Å². The van der Waals surface area contributed by atoms with Crippen LogP contribution in [0.5, 0.6) is 0 Å². The molecule has 0 bridgehead atoms. The molecular weight excluding hydrogens is 336 g/mol. The van der Waals surface area contributed by atoms with Gasteiger partial charge in [0.25, 0.3) is 5.91 Å². The number of rotatable bonds is 4. The molecule has 0 spiro atoms. The van der Waals surface area contributed by atoms with Crippen LogP contribution in [0.4, 0.5) is 0 Å². The van der Waals surface area contributed by atoms with Crippen LogP contribution < -0.4 is 0 Å². The van der Waals surface area contributed by atoms with E-state index in [-0.39, 0.29) is 30.9 Å². The third-order valence-electron chi connectivity index (χ3n) is 4.42. The SMILES string of the molecule is Cc1nc(C2CCN(C(=O)CCO)CCN2C(=O)c2cccnc2)n[nH]1. The molecule has 3 heterocycles. The molecule has 1 saturated heterocycles. The van der Waals surface area contributed by atoms with Gasteiger partial charge in [0.15, 0.2) is 5.82 Å². The Balaban J connectivity index is 1.87. The Labute approximate surface area is 151 Å². The first-order valence-corrected chi connectivity index (χ1v) is 8.58. The maximum Gasteiger partial charge on any atom is 0.256 e. The molecule has 26 heavy (non-hydrogen) atoms. The number of aromatic nitrogens is 4. The highest BCUT2D eigenvalue weighted by Crippen LogP contribution is 2.26. The van der Waals surface area contributed by atoms with Gasteiger partial charge in [0, 0.05) is 38.4 Å². The highest BCUT2D eigenvalue weighted by atomic mass is 16.3. The monoisotopic (exact) mass is 358 g/mol. The van der Waals surface area contributed by atoms with Crippen molar-refractivity contribution >= 4 is 11.8 Å². The fourth-order valence-electron chi connectivity index (χ4n) is 3.11. The van der Waals surface area contributed by atoms with Crippen molar-refractivity contribution in [1.82, 2.24) is 30.0 Å². The summed E-state index contributed by atoms with van der Waals surface area (Å²) in [5.74, 6) is 0.928. The zero-order valence-electron chi connectivity index (χ0n) is 14.6. The minimum atomic E-state index is -0.334. The molecule has 9 nitrogen and oxygen atoms in total. The van der Waals surface area contributed by atoms with Crippen molar-refractivity contribution in [3.05, 3.63) is 41.7 Å². The van der Waals surface area contributed by atoms with Crippen LogP contribution in [0.3, 0.4) is 0 Å². The second-order valence-corrected chi connectivity index (χ2v) is 6.18. The Morgan fingerprint density at radius 3 is 2.85 bits per heavy atom. The molecule has 0 aliphatic carbocycles. The summed E-state index contributed by atoms with van der Waals surface area (Å²) < 4.78 is 0. The molecular formula is C17H22N6O3. The van der Waals surface area contributed by atoms with E-state index in [1.807, 2.05) is 0 Å². The van der Waals surface area contributed by atoms with E-state index in [0.717, 1.165) is 0 Å². The van der Waals surface area contributed by atoms with E-state index in [4.69, 9.17) is 5.11 Å². The van der Waals surface area contributed by atoms with Crippen LogP contribution in [0.2, 0.25) is 0 Å². The summed E-state index contributed by atoms with van der Waals surface area (Å²) >= 11 is 0. The third-order valence-corrected chi connectivity index (χ3v) is 4.42. The molecule has 2 amide bonds. The van der Waals surface area contributed by atoms with Crippen LogP contribution in [0.1, 0.15) is 40.9 Å². The van der Waals surface area contributed by atoms with Crippen LogP contribution in [0, 0.1) is 6.92 Å². The molecule has 1 atom stereocenters. The first kappa shape index (κ1) is 18.0. The van der Waals surface area contributed by atoms with E-state index in [0.29, 0.717) is 43.3 Å². The van der Waals surface area contributed by atoms with E-state index < -0.39 is 0 Å². The van der Waals surface area contributed by atoms with Crippen molar-refractivity contribution < 1.29 is 14.7 Å². The summed E-state index contributed by atoms with van der Waals surface area (Å²) in [6, 6.07) is 3.10. The van der Waals surface area contributed by atoms with Crippen LogP contribution in [-0.2, 0) is 4.79 Å². The summed E-state index contributed by atoms with van der Waals surface area (Å²) in [5.41, 5.74) is 0.486. The summed E-state index contributed by atoms with van der Waals surface area (Å²) in [4.78, 5) is 37.0. The topological polar surface area (TPSA) is 115 Å². The number of aliphatic hydroxyl groups excluding tert-OH is 1. The first-order chi connectivity index (χ1) is 12.6. The Morgan fingerprint density at radius 2 is 2.19 bits per heavy atom. The molecule has 2 N–H and O–H groups in total. The summed E-state index contributed by atoms with van der Waals surface area (Å²) in [7, 11) is 0. The summed E-state index contributed by atoms with van der Waals surface area (Å²) in [6.45, 7) is 2.87. The average molecular weight is 358 g/mol. The zero-order valence-corrected chi connectivity index (χ0v) is 14.6. The standard InChI is InChI=1S/C17H22N6O3/c1-12-19-16(21-20-12)14-4-7-22(15(25)5-10-24)8-9-23(14)17(26)13-3-2-6-18-11-13/h2-3,6,11,14,24H,4-5,7-10H2,1H3,(H,19,20,21). The van der Waals surface area contributed by atoms with Crippen molar-refractivity contribution in [2.75, 3.05) is 26.2 Å². The molecule has 9 heteroatoms. The largest absolute Gasteiger partial charge is 0.396 e. The normalized spacial score (nSPS) is 17.8. The number of hydrogen-bond donors (Lipinski definition) is 2. The lowest BCUT2D eigenvalue weighted by Gasteiger charge is -2.27. The zero-order chi connectivity index (χ0) is 18.5. The number of hydrogen-bond acceptors (Lipinski definition) is 6. The van der Waals surface area contributed by atoms with E-state index in [1.54, 1.807) is 35.1 Å². The number of nitrogens with zero attached hydrogens (tertiary/aromatic N) is 5. The van der Waals surface area contributed by atoms with E-state index in [1.165, 1.54) is 6.20 Å². The minimum absolute atomic E-state index is 0.0843. The Bertz CT molecular complexity index is 763. The van der Waals surface area contributed by atoms with Crippen LogP contribution in [0.25, 0.3) is 0 Å². The molecule has 138 valence electrons. The Morgan fingerprint density at radius 1 is 1.35 bits per heavy atom.